The Morgan fingerprint density at radius 3 is 2.79 bits per heavy atom. The van der Waals surface area contributed by atoms with E-state index >= 15 is 0 Å². The SMILES string of the molecule is C=CCn1c(=NC(=O)c2ccc(Cl)s2)sc2cc([N+](=O)[O-])ccc21. The molecule has 1 aromatic carbocycles. The van der Waals surface area contributed by atoms with Gasteiger partial charge in [0.1, 0.15) is 0 Å². The first-order valence-corrected chi connectivity index (χ1v) is 8.74. The van der Waals surface area contributed by atoms with E-state index in [1.807, 2.05) is 0 Å². The van der Waals surface area contributed by atoms with Gasteiger partial charge in [-0.05, 0) is 18.2 Å². The number of halogens is 1. The maximum Gasteiger partial charge on any atom is 0.289 e. The van der Waals surface area contributed by atoms with Gasteiger partial charge in [-0.3, -0.25) is 14.9 Å². The molecular formula is C15H10ClN3O3S2. The molecular weight excluding hydrogens is 370 g/mol. The lowest BCUT2D eigenvalue weighted by Crippen LogP contribution is -2.15. The Balaban J connectivity index is 2.16. The van der Waals surface area contributed by atoms with Crippen molar-refractivity contribution in [3.8, 4) is 0 Å². The zero-order chi connectivity index (χ0) is 17.3. The molecule has 0 radical (unpaired) electrons. The molecule has 6 nitrogen and oxygen atoms in total. The van der Waals surface area contributed by atoms with E-state index in [9.17, 15) is 14.9 Å². The molecule has 0 aliphatic rings. The number of hydrogen-bond acceptors (Lipinski definition) is 5. The maximum atomic E-state index is 12.3. The number of carbonyl (C=O) groups is 1. The van der Waals surface area contributed by atoms with Crippen LogP contribution in [0.2, 0.25) is 4.34 Å². The smallest absolute Gasteiger partial charge is 0.289 e. The van der Waals surface area contributed by atoms with Crippen LogP contribution in [-0.2, 0) is 6.54 Å². The average Bonchev–Trinajstić information content (AvgIpc) is 3.11. The first-order chi connectivity index (χ1) is 11.5. The summed E-state index contributed by atoms with van der Waals surface area (Å²) in [6.45, 7) is 4.14. The summed E-state index contributed by atoms with van der Waals surface area (Å²) in [5.41, 5.74) is 0.763. The molecule has 0 N–H and O–H groups in total. The Kier molecular flexibility index (Phi) is 4.61. The Bertz CT molecular complexity index is 1030. The molecule has 1 amide bonds. The van der Waals surface area contributed by atoms with Gasteiger partial charge < -0.3 is 4.57 Å². The molecule has 2 heterocycles. The second kappa shape index (κ2) is 6.68. The third kappa shape index (κ3) is 3.16. The van der Waals surface area contributed by atoms with Gasteiger partial charge in [0.05, 0.1) is 24.4 Å². The lowest BCUT2D eigenvalue weighted by atomic mass is 10.3. The first-order valence-electron chi connectivity index (χ1n) is 6.72. The Labute approximate surface area is 149 Å². The van der Waals surface area contributed by atoms with E-state index < -0.39 is 10.8 Å². The summed E-state index contributed by atoms with van der Waals surface area (Å²) >= 11 is 8.22. The van der Waals surface area contributed by atoms with Gasteiger partial charge in [-0.25, -0.2) is 0 Å². The number of non-ortho nitro benzene ring substituents is 1. The number of hydrogen-bond donors (Lipinski definition) is 0. The topological polar surface area (TPSA) is 77.5 Å². The van der Waals surface area contributed by atoms with Crippen LogP contribution >= 0.6 is 34.3 Å². The largest absolute Gasteiger partial charge is 0.312 e. The van der Waals surface area contributed by atoms with Crippen molar-refractivity contribution in [1.82, 2.24) is 4.57 Å². The van der Waals surface area contributed by atoms with Crippen molar-refractivity contribution in [1.29, 1.82) is 0 Å². The van der Waals surface area contributed by atoms with E-state index in [0.717, 1.165) is 16.9 Å². The standard InChI is InChI=1S/C15H10ClN3O3S2/c1-2-7-18-10-4-3-9(19(21)22)8-12(10)24-15(18)17-14(20)11-5-6-13(16)23-11/h2-6,8H,1,7H2. The molecule has 9 heteroatoms. The summed E-state index contributed by atoms with van der Waals surface area (Å²) in [7, 11) is 0. The van der Waals surface area contributed by atoms with E-state index in [4.69, 9.17) is 11.6 Å². The van der Waals surface area contributed by atoms with E-state index in [1.54, 1.807) is 28.8 Å². The van der Waals surface area contributed by atoms with Crippen molar-refractivity contribution in [2.24, 2.45) is 4.99 Å². The van der Waals surface area contributed by atoms with Gasteiger partial charge in [0, 0.05) is 18.7 Å². The highest BCUT2D eigenvalue weighted by atomic mass is 35.5. The molecule has 0 aliphatic carbocycles. The molecule has 0 spiro atoms. The molecule has 0 saturated carbocycles. The number of allylic oxidation sites excluding steroid dienone is 1. The van der Waals surface area contributed by atoms with Gasteiger partial charge in [0.25, 0.3) is 11.6 Å². The van der Waals surface area contributed by atoms with Crippen LogP contribution in [0.5, 0.6) is 0 Å². The maximum absolute atomic E-state index is 12.3. The fourth-order valence-corrected chi connectivity index (χ4v) is 4.14. The minimum absolute atomic E-state index is 0.00239. The van der Waals surface area contributed by atoms with Gasteiger partial charge >= 0.3 is 0 Å². The summed E-state index contributed by atoms with van der Waals surface area (Å²) in [4.78, 5) is 27.8. The van der Waals surface area contributed by atoms with Gasteiger partial charge in [-0.15, -0.1) is 17.9 Å². The summed E-state index contributed by atoms with van der Waals surface area (Å²) in [5, 5.41) is 10.9. The number of nitro benzene ring substituents is 1. The van der Waals surface area contributed by atoms with Crippen molar-refractivity contribution in [2.45, 2.75) is 6.54 Å². The average molecular weight is 380 g/mol. The van der Waals surface area contributed by atoms with Gasteiger partial charge in [0.15, 0.2) is 4.80 Å². The molecule has 3 rings (SSSR count). The van der Waals surface area contributed by atoms with Crippen LogP contribution < -0.4 is 4.80 Å². The number of nitrogens with zero attached hydrogens (tertiary/aromatic N) is 3. The van der Waals surface area contributed by atoms with Crippen molar-refractivity contribution < 1.29 is 9.72 Å². The zero-order valence-electron chi connectivity index (χ0n) is 12.1. The van der Waals surface area contributed by atoms with Crippen molar-refractivity contribution in [3.05, 3.63) is 67.1 Å². The number of amides is 1. The number of rotatable bonds is 4. The van der Waals surface area contributed by atoms with Crippen LogP contribution in [0.3, 0.4) is 0 Å². The van der Waals surface area contributed by atoms with E-state index in [1.165, 1.54) is 23.5 Å². The van der Waals surface area contributed by atoms with Crippen LogP contribution in [0.4, 0.5) is 5.69 Å². The Morgan fingerprint density at radius 2 is 2.17 bits per heavy atom. The normalized spacial score (nSPS) is 11.8. The van der Waals surface area contributed by atoms with Crippen LogP contribution in [0.25, 0.3) is 10.2 Å². The summed E-state index contributed by atoms with van der Waals surface area (Å²) in [6, 6.07) is 7.82. The van der Waals surface area contributed by atoms with Crippen molar-refractivity contribution in [2.75, 3.05) is 0 Å². The minimum Gasteiger partial charge on any atom is -0.312 e. The second-order valence-electron chi connectivity index (χ2n) is 4.71. The Hall–Kier alpha value is -2.29. The molecule has 0 saturated heterocycles. The van der Waals surface area contributed by atoms with E-state index in [2.05, 4.69) is 11.6 Å². The number of nitro groups is 1. The highest BCUT2D eigenvalue weighted by molar-refractivity contribution is 7.18. The number of thiophene rings is 1. The summed E-state index contributed by atoms with van der Waals surface area (Å²) in [5.74, 6) is -0.397. The predicted octanol–water partition coefficient (Wildman–Crippen LogP) is 4.25. The Morgan fingerprint density at radius 1 is 1.38 bits per heavy atom. The molecule has 0 atom stereocenters. The highest BCUT2D eigenvalue weighted by Gasteiger charge is 2.13. The van der Waals surface area contributed by atoms with Crippen LogP contribution in [0.1, 0.15) is 9.67 Å². The number of carbonyl (C=O) groups excluding carboxylic acids is 1. The van der Waals surface area contributed by atoms with Crippen molar-refractivity contribution in [3.63, 3.8) is 0 Å². The van der Waals surface area contributed by atoms with Crippen LogP contribution in [0, 0.1) is 10.1 Å². The van der Waals surface area contributed by atoms with Gasteiger partial charge in [-0.2, -0.15) is 4.99 Å². The summed E-state index contributed by atoms with van der Waals surface area (Å²) < 4.78 is 2.99. The van der Waals surface area contributed by atoms with E-state index in [0.29, 0.717) is 25.3 Å². The molecule has 24 heavy (non-hydrogen) atoms. The number of benzene rings is 1. The third-order valence-corrected chi connectivity index (χ3v) is 5.43. The molecule has 0 fully saturated rings. The molecule has 3 aromatic rings. The van der Waals surface area contributed by atoms with Crippen LogP contribution in [-0.4, -0.2) is 15.4 Å². The lowest BCUT2D eigenvalue weighted by molar-refractivity contribution is -0.384. The van der Waals surface area contributed by atoms with Gasteiger partial charge in [0.2, 0.25) is 0 Å². The number of fused-ring (bicyclic) bond motifs is 1. The molecule has 0 aliphatic heterocycles. The molecule has 0 unspecified atom stereocenters. The number of aromatic nitrogens is 1. The number of thiazole rings is 1. The molecule has 122 valence electrons. The van der Waals surface area contributed by atoms with Gasteiger partial charge in [-0.1, -0.05) is 29.0 Å². The molecule has 0 bridgehead atoms. The summed E-state index contributed by atoms with van der Waals surface area (Å²) in [6.07, 6.45) is 1.68. The monoisotopic (exact) mass is 379 g/mol. The second-order valence-corrected chi connectivity index (χ2v) is 7.44. The van der Waals surface area contributed by atoms with Crippen molar-refractivity contribution >= 4 is 56.1 Å². The fourth-order valence-electron chi connectivity index (χ4n) is 2.14. The van der Waals surface area contributed by atoms with Crippen LogP contribution in [0.15, 0.2) is 48.0 Å². The third-order valence-electron chi connectivity index (χ3n) is 3.17. The quantitative estimate of drug-likeness (QED) is 0.386. The zero-order valence-corrected chi connectivity index (χ0v) is 14.5. The lowest BCUT2D eigenvalue weighted by Gasteiger charge is -2.00. The molecule has 2 aromatic heterocycles. The first kappa shape index (κ1) is 16.6. The highest BCUT2D eigenvalue weighted by Crippen LogP contribution is 2.24. The van der Waals surface area contributed by atoms with E-state index in [-0.39, 0.29) is 5.69 Å². The predicted molar refractivity (Wildman–Crippen MR) is 95.9 cm³/mol. The minimum atomic E-state index is -0.452. The fraction of sp³-hybridized carbons (Fsp3) is 0.0667.